The molecule has 0 spiro atoms. The predicted octanol–water partition coefficient (Wildman–Crippen LogP) is 3.67. The van der Waals surface area contributed by atoms with E-state index in [4.69, 9.17) is 4.74 Å². The van der Waals surface area contributed by atoms with E-state index in [1.54, 1.807) is 0 Å². The first-order chi connectivity index (χ1) is 8.22. The molecule has 3 nitrogen and oxygen atoms in total. The van der Waals surface area contributed by atoms with E-state index < -0.39 is 0 Å². The van der Waals surface area contributed by atoms with E-state index in [0.29, 0.717) is 13.0 Å². The molecule has 0 radical (unpaired) electrons. The molecule has 108 valence electrons. The molecule has 0 aromatic rings. The van der Waals surface area contributed by atoms with Gasteiger partial charge in [0.05, 0.1) is 17.7 Å². The van der Waals surface area contributed by atoms with Crippen LogP contribution in [0.15, 0.2) is 0 Å². The molecule has 0 heterocycles. The van der Waals surface area contributed by atoms with Crippen molar-refractivity contribution in [2.45, 2.75) is 84.8 Å². The number of ether oxygens (including phenoxy) is 1. The molecule has 0 aliphatic rings. The highest BCUT2D eigenvalue weighted by molar-refractivity contribution is 5.76. The second-order valence-corrected chi connectivity index (χ2v) is 6.33. The fourth-order valence-electron chi connectivity index (χ4n) is 1.75. The van der Waals surface area contributed by atoms with Gasteiger partial charge in [0.15, 0.2) is 0 Å². The summed E-state index contributed by atoms with van der Waals surface area (Å²) >= 11 is 0. The highest BCUT2D eigenvalue weighted by atomic mass is 16.5. The Morgan fingerprint density at radius 3 is 2.22 bits per heavy atom. The monoisotopic (exact) mass is 257 g/mol. The largest absolute Gasteiger partial charge is 0.373 e. The van der Waals surface area contributed by atoms with E-state index in [0.717, 1.165) is 12.8 Å². The summed E-state index contributed by atoms with van der Waals surface area (Å²) in [5, 5.41) is 3.02. The Kier molecular flexibility index (Phi) is 7.53. The fraction of sp³-hybridized carbons (Fsp3) is 0.933. The average Bonchev–Trinajstić information content (AvgIpc) is 2.24. The lowest BCUT2D eigenvalue weighted by Gasteiger charge is -2.32. The highest BCUT2D eigenvalue weighted by Gasteiger charge is 2.25. The number of amides is 1. The fourth-order valence-corrected chi connectivity index (χ4v) is 1.75. The molecule has 0 fully saturated rings. The van der Waals surface area contributed by atoms with Gasteiger partial charge in [-0.25, -0.2) is 0 Å². The minimum atomic E-state index is -0.296. The van der Waals surface area contributed by atoms with Crippen molar-refractivity contribution < 1.29 is 9.53 Å². The van der Waals surface area contributed by atoms with Crippen molar-refractivity contribution in [1.29, 1.82) is 0 Å². The lowest BCUT2D eigenvalue weighted by molar-refractivity contribution is -0.124. The van der Waals surface area contributed by atoms with Crippen LogP contribution in [0.2, 0.25) is 0 Å². The predicted molar refractivity (Wildman–Crippen MR) is 76.7 cm³/mol. The molecule has 0 atom stereocenters. The van der Waals surface area contributed by atoms with Crippen molar-refractivity contribution in [3.8, 4) is 0 Å². The maximum atomic E-state index is 11.6. The van der Waals surface area contributed by atoms with Crippen molar-refractivity contribution in [3.63, 3.8) is 0 Å². The normalized spacial score (nSPS) is 12.6. The summed E-state index contributed by atoms with van der Waals surface area (Å²) < 4.78 is 5.96. The lowest BCUT2D eigenvalue weighted by Crippen LogP contribution is -2.48. The van der Waals surface area contributed by atoms with Gasteiger partial charge in [-0.2, -0.15) is 0 Å². The van der Waals surface area contributed by atoms with Gasteiger partial charge in [-0.05, 0) is 40.5 Å². The third kappa shape index (κ3) is 8.51. The highest BCUT2D eigenvalue weighted by Crippen LogP contribution is 2.20. The Balaban J connectivity index is 4.12. The van der Waals surface area contributed by atoms with Crippen LogP contribution in [0.1, 0.15) is 73.6 Å². The smallest absolute Gasteiger partial charge is 0.220 e. The van der Waals surface area contributed by atoms with Crippen LogP contribution in [0.4, 0.5) is 0 Å². The Morgan fingerprint density at radius 2 is 1.72 bits per heavy atom. The molecule has 0 bridgehead atoms. The van der Waals surface area contributed by atoms with Gasteiger partial charge in [0.25, 0.3) is 0 Å². The summed E-state index contributed by atoms with van der Waals surface area (Å²) in [4.78, 5) is 11.6. The van der Waals surface area contributed by atoms with Crippen LogP contribution < -0.4 is 5.32 Å². The number of carbonyl (C=O) groups is 1. The summed E-state index contributed by atoms with van der Waals surface area (Å²) in [6.07, 6.45) is 4.88. The topological polar surface area (TPSA) is 38.3 Å². The lowest BCUT2D eigenvalue weighted by atomic mass is 10.00. The molecule has 0 aromatic heterocycles. The number of carbonyl (C=O) groups excluding carboxylic acids is 1. The molecule has 0 unspecified atom stereocenters. The first kappa shape index (κ1) is 17.4. The number of rotatable bonds is 9. The van der Waals surface area contributed by atoms with Crippen LogP contribution in [-0.2, 0) is 9.53 Å². The van der Waals surface area contributed by atoms with Crippen LogP contribution in [0.5, 0.6) is 0 Å². The second kappa shape index (κ2) is 7.78. The average molecular weight is 257 g/mol. The van der Waals surface area contributed by atoms with Gasteiger partial charge in [0.1, 0.15) is 0 Å². The molecular weight excluding hydrogens is 226 g/mol. The first-order valence-corrected chi connectivity index (χ1v) is 7.17. The zero-order valence-corrected chi connectivity index (χ0v) is 13.1. The molecule has 18 heavy (non-hydrogen) atoms. The molecule has 3 heteroatoms. The van der Waals surface area contributed by atoms with Crippen molar-refractivity contribution in [1.82, 2.24) is 5.32 Å². The van der Waals surface area contributed by atoms with Crippen LogP contribution in [0.3, 0.4) is 0 Å². The second-order valence-electron chi connectivity index (χ2n) is 6.33. The van der Waals surface area contributed by atoms with Crippen LogP contribution in [0, 0.1) is 0 Å². The standard InChI is InChI=1S/C15H31NO2/c1-7-9-11-15(5,6)18-12-14(3,4)16-13(17)10-8-2/h7-12H2,1-6H3,(H,16,17). The molecule has 0 aliphatic carbocycles. The summed E-state index contributed by atoms with van der Waals surface area (Å²) in [5.74, 6) is 0.109. The van der Waals surface area contributed by atoms with Gasteiger partial charge < -0.3 is 10.1 Å². The molecule has 1 N–H and O–H groups in total. The number of hydrogen-bond acceptors (Lipinski definition) is 2. The Hall–Kier alpha value is -0.570. The van der Waals surface area contributed by atoms with Crippen molar-refractivity contribution in [3.05, 3.63) is 0 Å². The van der Waals surface area contributed by atoms with E-state index >= 15 is 0 Å². The maximum Gasteiger partial charge on any atom is 0.220 e. The Labute approximate surface area is 113 Å². The number of unbranched alkanes of at least 4 members (excludes halogenated alkanes) is 1. The van der Waals surface area contributed by atoms with E-state index in [9.17, 15) is 4.79 Å². The zero-order valence-electron chi connectivity index (χ0n) is 13.1. The Morgan fingerprint density at radius 1 is 1.11 bits per heavy atom. The summed E-state index contributed by atoms with van der Waals surface area (Å²) in [6.45, 7) is 13.0. The summed E-state index contributed by atoms with van der Waals surface area (Å²) in [7, 11) is 0. The van der Waals surface area contributed by atoms with Gasteiger partial charge in [-0.1, -0.05) is 26.7 Å². The van der Waals surface area contributed by atoms with Crippen molar-refractivity contribution in [2.24, 2.45) is 0 Å². The molecule has 0 aliphatic heterocycles. The zero-order chi connectivity index (χ0) is 14.2. The van der Waals surface area contributed by atoms with E-state index in [-0.39, 0.29) is 17.0 Å². The minimum Gasteiger partial charge on any atom is -0.373 e. The van der Waals surface area contributed by atoms with E-state index in [2.05, 4.69) is 26.1 Å². The minimum absolute atomic E-state index is 0.108. The molecular formula is C15H31NO2. The molecule has 0 saturated heterocycles. The van der Waals surface area contributed by atoms with Crippen molar-refractivity contribution in [2.75, 3.05) is 6.61 Å². The first-order valence-electron chi connectivity index (χ1n) is 7.17. The molecule has 1 amide bonds. The molecule has 0 saturated carbocycles. The van der Waals surface area contributed by atoms with Gasteiger partial charge in [0.2, 0.25) is 5.91 Å². The van der Waals surface area contributed by atoms with Crippen LogP contribution in [-0.4, -0.2) is 23.7 Å². The van der Waals surface area contributed by atoms with Gasteiger partial charge in [0, 0.05) is 6.42 Å². The summed E-state index contributed by atoms with van der Waals surface area (Å²) in [5.41, 5.74) is -0.404. The number of hydrogen-bond donors (Lipinski definition) is 1. The molecule has 0 rings (SSSR count). The Bertz CT molecular complexity index is 247. The van der Waals surface area contributed by atoms with Crippen LogP contribution in [0.25, 0.3) is 0 Å². The van der Waals surface area contributed by atoms with E-state index in [1.165, 1.54) is 12.8 Å². The van der Waals surface area contributed by atoms with Gasteiger partial charge in [-0.15, -0.1) is 0 Å². The SMILES string of the molecule is CCCCC(C)(C)OCC(C)(C)NC(=O)CCC. The third-order valence-electron chi connectivity index (χ3n) is 2.91. The van der Waals surface area contributed by atoms with Gasteiger partial charge in [-0.3, -0.25) is 4.79 Å². The number of nitrogens with one attached hydrogen (secondary N) is 1. The third-order valence-corrected chi connectivity index (χ3v) is 2.91. The quantitative estimate of drug-likeness (QED) is 0.684. The molecule has 0 aromatic carbocycles. The summed E-state index contributed by atoms with van der Waals surface area (Å²) in [6, 6.07) is 0. The van der Waals surface area contributed by atoms with Crippen molar-refractivity contribution >= 4 is 5.91 Å². The van der Waals surface area contributed by atoms with Crippen LogP contribution >= 0.6 is 0 Å². The van der Waals surface area contributed by atoms with Gasteiger partial charge >= 0.3 is 0 Å². The van der Waals surface area contributed by atoms with E-state index in [1.807, 2.05) is 20.8 Å². The maximum absolute atomic E-state index is 11.6.